The van der Waals surface area contributed by atoms with Crippen molar-refractivity contribution in [1.29, 1.82) is 0 Å². The Kier molecular flexibility index (Phi) is 3.92. The third-order valence-corrected chi connectivity index (χ3v) is 4.21. The molecule has 3 rings (SSSR count). The summed E-state index contributed by atoms with van der Waals surface area (Å²) in [5, 5.41) is 0.667. The maximum atomic E-state index is 12.5. The number of fused-ring (bicyclic) bond motifs is 1. The molecule has 4 nitrogen and oxygen atoms in total. The lowest BCUT2D eigenvalue weighted by Gasteiger charge is -2.12. The Hall–Kier alpha value is -2.61. The van der Waals surface area contributed by atoms with E-state index < -0.39 is 21.5 Å². The van der Waals surface area contributed by atoms with Crippen LogP contribution in [-0.4, -0.2) is 18.9 Å². The first-order valence-electron chi connectivity index (χ1n) is 6.74. The Balaban J connectivity index is 2.18. The summed E-state index contributed by atoms with van der Waals surface area (Å²) in [5.41, 5.74) is -3.97. The van der Waals surface area contributed by atoms with Gasteiger partial charge in [-0.05, 0) is 17.2 Å². The molecule has 1 heterocycles. The number of benzene rings is 2. The number of halogens is 3. The van der Waals surface area contributed by atoms with Crippen molar-refractivity contribution in [3.8, 4) is 17.0 Å². The topological polar surface area (TPSA) is 56.3 Å². The Labute approximate surface area is 135 Å². The fraction of sp³-hybridized carbons (Fsp3) is 0.0625. The molecule has 24 heavy (non-hydrogen) atoms. The van der Waals surface area contributed by atoms with Gasteiger partial charge in [0.25, 0.3) is 0 Å². The van der Waals surface area contributed by atoms with E-state index in [1.165, 1.54) is 6.07 Å². The molecule has 3 aromatic rings. The highest BCUT2D eigenvalue weighted by molar-refractivity contribution is 7.87. The second-order valence-corrected chi connectivity index (χ2v) is 6.41. The van der Waals surface area contributed by atoms with Crippen LogP contribution in [0.3, 0.4) is 0 Å². The van der Waals surface area contributed by atoms with Gasteiger partial charge in [-0.15, -0.1) is 0 Å². The lowest BCUT2D eigenvalue weighted by atomic mass is 10.0. The summed E-state index contributed by atoms with van der Waals surface area (Å²) in [5.74, 6) is -0.634. The van der Waals surface area contributed by atoms with E-state index in [9.17, 15) is 21.6 Å². The fourth-order valence-corrected chi connectivity index (χ4v) is 2.61. The van der Waals surface area contributed by atoms with Crippen LogP contribution in [0.5, 0.6) is 5.88 Å². The van der Waals surface area contributed by atoms with Gasteiger partial charge in [-0.25, -0.2) is 4.98 Å². The first-order valence-corrected chi connectivity index (χ1v) is 8.15. The van der Waals surface area contributed by atoms with Crippen LogP contribution in [0.4, 0.5) is 13.2 Å². The van der Waals surface area contributed by atoms with Crippen LogP contribution in [0.15, 0.2) is 60.7 Å². The molecule has 0 spiro atoms. The second-order valence-electron chi connectivity index (χ2n) is 4.87. The van der Waals surface area contributed by atoms with Crippen molar-refractivity contribution in [3.63, 3.8) is 0 Å². The molecule has 0 aliphatic carbocycles. The van der Waals surface area contributed by atoms with E-state index >= 15 is 0 Å². The molecule has 0 bridgehead atoms. The van der Waals surface area contributed by atoms with E-state index in [0.717, 1.165) is 0 Å². The van der Waals surface area contributed by atoms with Crippen LogP contribution >= 0.6 is 0 Å². The number of pyridine rings is 1. The van der Waals surface area contributed by atoms with Crippen LogP contribution in [0.25, 0.3) is 22.0 Å². The van der Waals surface area contributed by atoms with Gasteiger partial charge < -0.3 is 4.18 Å². The second kappa shape index (κ2) is 5.79. The molecule has 0 radical (unpaired) electrons. The molecular weight excluding hydrogens is 343 g/mol. The summed E-state index contributed by atoms with van der Waals surface area (Å²) in [6.07, 6.45) is 0. The molecule has 0 unspecified atom stereocenters. The van der Waals surface area contributed by atoms with Gasteiger partial charge in [-0.2, -0.15) is 21.6 Å². The number of para-hydroxylation sites is 1. The summed E-state index contributed by atoms with van der Waals surface area (Å²) in [7, 11) is -5.78. The van der Waals surface area contributed by atoms with Gasteiger partial charge >= 0.3 is 15.6 Å². The van der Waals surface area contributed by atoms with E-state index in [2.05, 4.69) is 9.17 Å². The molecular formula is C16H10F3NO3S. The average Bonchev–Trinajstić information content (AvgIpc) is 2.53. The SMILES string of the molecule is O=S(=O)(Oc1cc(-c2ccccc2)c2ccccc2n1)C(F)(F)F. The number of nitrogens with zero attached hydrogens (tertiary/aromatic N) is 1. The predicted molar refractivity (Wildman–Crippen MR) is 82.8 cm³/mol. The van der Waals surface area contributed by atoms with Gasteiger partial charge in [0.1, 0.15) is 0 Å². The maximum absolute atomic E-state index is 12.5. The van der Waals surface area contributed by atoms with Crippen LogP contribution < -0.4 is 4.18 Å². The quantitative estimate of drug-likeness (QED) is 0.525. The van der Waals surface area contributed by atoms with Gasteiger partial charge in [0.15, 0.2) is 0 Å². The van der Waals surface area contributed by atoms with Crippen molar-refractivity contribution in [2.75, 3.05) is 0 Å². The molecule has 0 saturated heterocycles. The van der Waals surface area contributed by atoms with E-state index in [1.807, 2.05) is 0 Å². The standard InChI is InChI=1S/C16H10F3NO3S/c17-16(18,19)24(21,22)23-15-10-13(11-6-2-1-3-7-11)12-8-4-5-9-14(12)20-15/h1-10H. The van der Waals surface area contributed by atoms with Crippen LogP contribution in [0, 0.1) is 0 Å². The normalized spacial score (nSPS) is 12.3. The van der Waals surface area contributed by atoms with Crippen LogP contribution in [0.1, 0.15) is 0 Å². The highest BCUT2D eigenvalue weighted by Crippen LogP contribution is 2.33. The molecule has 0 amide bonds. The maximum Gasteiger partial charge on any atom is 0.534 e. The molecule has 124 valence electrons. The number of rotatable bonds is 3. The number of aromatic nitrogens is 1. The average molecular weight is 353 g/mol. The lowest BCUT2D eigenvalue weighted by molar-refractivity contribution is -0.0501. The Morgan fingerprint density at radius 1 is 0.917 bits per heavy atom. The molecule has 2 aromatic carbocycles. The van der Waals surface area contributed by atoms with Crippen molar-refractivity contribution >= 4 is 21.0 Å². The number of hydrogen-bond acceptors (Lipinski definition) is 4. The molecule has 0 fully saturated rings. The third kappa shape index (κ3) is 3.05. The molecule has 0 atom stereocenters. The molecule has 0 N–H and O–H groups in total. The third-order valence-electron chi connectivity index (χ3n) is 3.26. The largest absolute Gasteiger partial charge is 0.534 e. The van der Waals surface area contributed by atoms with Gasteiger partial charge in [-0.1, -0.05) is 48.5 Å². The molecule has 8 heteroatoms. The van der Waals surface area contributed by atoms with Gasteiger partial charge in [-0.3, -0.25) is 0 Å². The molecule has 0 aliphatic rings. The molecule has 0 saturated carbocycles. The minimum atomic E-state index is -5.78. The summed E-state index contributed by atoms with van der Waals surface area (Å²) in [6.45, 7) is 0. The van der Waals surface area contributed by atoms with Crippen molar-refractivity contribution in [2.45, 2.75) is 5.51 Å². The summed E-state index contributed by atoms with van der Waals surface area (Å²) >= 11 is 0. The fourth-order valence-electron chi connectivity index (χ4n) is 2.21. The predicted octanol–water partition coefficient (Wildman–Crippen LogP) is 4.13. The zero-order valence-electron chi connectivity index (χ0n) is 12.0. The van der Waals surface area contributed by atoms with E-state index in [1.54, 1.807) is 54.6 Å². The monoisotopic (exact) mass is 353 g/mol. The van der Waals surface area contributed by atoms with Crippen molar-refractivity contribution in [3.05, 3.63) is 60.7 Å². The highest BCUT2D eigenvalue weighted by atomic mass is 32.2. The van der Waals surface area contributed by atoms with Crippen molar-refractivity contribution in [1.82, 2.24) is 4.98 Å². The smallest absolute Gasteiger partial charge is 0.355 e. The lowest BCUT2D eigenvalue weighted by Crippen LogP contribution is -2.28. The highest BCUT2D eigenvalue weighted by Gasteiger charge is 2.48. The van der Waals surface area contributed by atoms with Gasteiger partial charge in [0.2, 0.25) is 5.88 Å². The van der Waals surface area contributed by atoms with E-state index in [4.69, 9.17) is 0 Å². The number of hydrogen-bond donors (Lipinski definition) is 0. The zero-order valence-corrected chi connectivity index (χ0v) is 12.8. The zero-order chi connectivity index (χ0) is 17.4. The summed E-state index contributed by atoms with van der Waals surface area (Å²) in [4.78, 5) is 3.86. The minimum Gasteiger partial charge on any atom is -0.355 e. The van der Waals surface area contributed by atoms with Gasteiger partial charge in [0, 0.05) is 11.5 Å². The molecule has 1 aromatic heterocycles. The Bertz CT molecular complexity index is 986. The Morgan fingerprint density at radius 3 is 2.21 bits per heavy atom. The van der Waals surface area contributed by atoms with Gasteiger partial charge in [0.05, 0.1) is 5.52 Å². The van der Waals surface area contributed by atoms with Crippen LogP contribution in [0.2, 0.25) is 0 Å². The minimum absolute atomic E-state index is 0.325. The number of alkyl halides is 3. The first kappa shape index (κ1) is 16.3. The first-order chi connectivity index (χ1) is 11.3. The van der Waals surface area contributed by atoms with E-state index in [0.29, 0.717) is 22.0 Å². The summed E-state index contributed by atoms with van der Waals surface area (Å²) in [6, 6.07) is 16.7. The van der Waals surface area contributed by atoms with Crippen molar-refractivity contribution < 1.29 is 25.8 Å². The van der Waals surface area contributed by atoms with E-state index in [-0.39, 0.29) is 0 Å². The van der Waals surface area contributed by atoms with Crippen molar-refractivity contribution in [2.24, 2.45) is 0 Å². The summed E-state index contributed by atoms with van der Waals surface area (Å²) < 4.78 is 64.2. The molecule has 0 aliphatic heterocycles. The van der Waals surface area contributed by atoms with Crippen LogP contribution in [-0.2, 0) is 10.1 Å². The Morgan fingerprint density at radius 2 is 1.54 bits per heavy atom.